The number of hydrogen-bond donors (Lipinski definition) is 1. The summed E-state index contributed by atoms with van der Waals surface area (Å²) in [5.41, 5.74) is 3.81. The minimum Gasteiger partial charge on any atom is -0.494 e. The molecule has 5 heteroatoms. The van der Waals surface area contributed by atoms with Crippen LogP contribution in [0.4, 0.5) is 0 Å². The summed E-state index contributed by atoms with van der Waals surface area (Å²) in [7, 11) is 0. The van der Waals surface area contributed by atoms with Crippen LogP contribution in [0, 0.1) is 0 Å². The molecule has 0 aliphatic rings. The number of carbonyl (C=O) groups is 1. The van der Waals surface area contributed by atoms with Gasteiger partial charge in [0.05, 0.1) is 12.1 Å². The molecular formula is C25H25N3O2. The summed E-state index contributed by atoms with van der Waals surface area (Å²) in [4.78, 5) is 13.0. The third-order valence-corrected chi connectivity index (χ3v) is 5.13. The van der Waals surface area contributed by atoms with E-state index >= 15 is 0 Å². The van der Waals surface area contributed by atoms with E-state index in [0.29, 0.717) is 13.2 Å². The van der Waals surface area contributed by atoms with Gasteiger partial charge in [0.1, 0.15) is 17.5 Å². The second kappa shape index (κ2) is 8.82. The van der Waals surface area contributed by atoms with Gasteiger partial charge in [-0.15, -0.1) is 0 Å². The van der Waals surface area contributed by atoms with Crippen molar-refractivity contribution in [2.45, 2.75) is 26.4 Å². The third kappa shape index (κ3) is 3.92. The molecule has 0 saturated heterocycles. The molecule has 5 nitrogen and oxygen atoms in total. The van der Waals surface area contributed by atoms with Crippen molar-refractivity contribution >= 4 is 16.8 Å². The first kappa shape index (κ1) is 19.7. The van der Waals surface area contributed by atoms with Crippen molar-refractivity contribution in [3.05, 3.63) is 84.4 Å². The Morgan fingerprint density at radius 3 is 2.50 bits per heavy atom. The van der Waals surface area contributed by atoms with Gasteiger partial charge in [0.25, 0.3) is 0 Å². The van der Waals surface area contributed by atoms with Gasteiger partial charge in [-0.05, 0) is 26.0 Å². The molecule has 30 heavy (non-hydrogen) atoms. The highest BCUT2D eigenvalue weighted by atomic mass is 16.5. The number of nitrogens with one attached hydrogen (secondary N) is 1. The number of amides is 1. The Morgan fingerprint density at radius 2 is 1.70 bits per heavy atom. The zero-order chi connectivity index (χ0) is 20.9. The Hall–Kier alpha value is -3.60. The SMILES string of the molecule is CCOc1ccccc1CNC(=O)[C@@H](C)n1nc(-c2ccccc2)c2ccccc21. The van der Waals surface area contributed by atoms with E-state index in [2.05, 4.69) is 5.32 Å². The maximum Gasteiger partial charge on any atom is 0.244 e. The number of benzene rings is 3. The lowest BCUT2D eigenvalue weighted by Crippen LogP contribution is -2.31. The van der Waals surface area contributed by atoms with Crippen molar-refractivity contribution in [3.63, 3.8) is 0 Å². The zero-order valence-corrected chi connectivity index (χ0v) is 17.2. The number of rotatable bonds is 7. The van der Waals surface area contributed by atoms with Gasteiger partial charge in [0, 0.05) is 23.1 Å². The Balaban J connectivity index is 1.59. The summed E-state index contributed by atoms with van der Waals surface area (Å²) in [6, 6.07) is 25.4. The molecule has 1 N–H and O–H groups in total. The summed E-state index contributed by atoms with van der Waals surface area (Å²) in [5, 5.41) is 8.88. The minimum absolute atomic E-state index is 0.0887. The van der Waals surface area contributed by atoms with Gasteiger partial charge in [-0.1, -0.05) is 66.7 Å². The van der Waals surface area contributed by atoms with E-state index in [-0.39, 0.29) is 5.91 Å². The smallest absolute Gasteiger partial charge is 0.244 e. The summed E-state index contributed by atoms with van der Waals surface area (Å²) in [6.07, 6.45) is 0. The van der Waals surface area contributed by atoms with Crippen LogP contribution in [0.2, 0.25) is 0 Å². The number of para-hydroxylation sites is 2. The number of hydrogen-bond acceptors (Lipinski definition) is 3. The van der Waals surface area contributed by atoms with Gasteiger partial charge in [0.15, 0.2) is 0 Å². The molecule has 0 aliphatic carbocycles. The summed E-state index contributed by atoms with van der Waals surface area (Å²) in [6.45, 7) is 4.82. The summed E-state index contributed by atoms with van der Waals surface area (Å²) >= 11 is 0. The number of carbonyl (C=O) groups excluding carboxylic acids is 1. The first-order valence-electron chi connectivity index (χ1n) is 10.2. The van der Waals surface area contributed by atoms with E-state index in [9.17, 15) is 4.79 Å². The lowest BCUT2D eigenvalue weighted by Gasteiger charge is -2.15. The maximum absolute atomic E-state index is 13.0. The second-order valence-corrected chi connectivity index (χ2v) is 7.11. The third-order valence-electron chi connectivity index (χ3n) is 5.13. The van der Waals surface area contributed by atoms with Crippen LogP contribution in [0.3, 0.4) is 0 Å². The van der Waals surface area contributed by atoms with Gasteiger partial charge in [-0.3, -0.25) is 9.48 Å². The van der Waals surface area contributed by atoms with E-state index in [1.807, 2.05) is 92.7 Å². The molecule has 1 heterocycles. The molecule has 0 aliphatic heterocycles. The van der Waals surface area contributed by atoms with E-state index in [1.54, 1.807) is 4.68 Å². The fraction of sp³-hybridized carbons (Fsp3) is 0.200. The number of fused-ring (bicyclic) bond motifs is 1. The van der Waals surface area contributed by atoms with Crippen LogP contribution in [-0.2, 0) is 11.3 Å². The molecular weight excluding hydrogens is 374 g/mol. The molecule has 1 atom stereocenters. The molecule has 4 aromatic rings. The van der Waals surface area contributed by atoms with Crippen LogP contribution in [0.1, 0.15) is 25.5 Å². The van der Waals surface area contributed by atoms with E-state index in [1.165, 1.54) is 0 Å². The van der Waals surface area contributed by atoms with Crippen LogP contribution in [0.25, 0.3) is 22.2 Å². The van der Waals surface area contributed by atoms with Crippen LogP contribution in [0.15, 0.2) is 78.9 Å². The number of nitrogens with zero attached hydrogens (tertiary/aromatic N) is 2. The molecule has 1 aromatic heterocycles. The molecule has 0 unspecified atom stereocenters. The predicted octanol–water partition coefficient (Wildman–Crippen LogP) is 4.98. The van der Waals surface area contributed by atoms with Crippen LogP contribution in [-0.4, -0.2) is 22.3 Å². The Kier molecular flexibility index (Phi) is 5.80. The Morgan fingerprint density at radius 1 is 1.00 bits per heavy atom. The standard InChI is InChI=1S/C25H25N3O2/c1-3-30-23-16-10-7-13-20(23)17-26-25(29)18(2)28-22-15-9-8-14-21(22)24(27-28)19-11-5-4-6-12-19/h4-16,18H,3,17H2,1-2H3,(H,26,29)/t18-/m1/s1. The molecule has 0 spiro atoms. The van der Waals surface area contributed by atoms with Gasteiger partial charge in [0.2, 0.25) is 5.91 Å². The van der Waals surface area contributed by atoms with Crippen molar-refractivity contribution in [2.24, 2.45) is 0 Å². The van der Waals surface area contributed by atoms with Gasteiger partial charge < -0.3 is 10.1 Å². The molecule has 4 rings (SSSR count). The first-order valence-corrected chi connectivity index (χ1v) is 10.2. The fourth-order valence-electron chi connectivity index (χ4n) is 3.58. The number of ether oxygens (including phenoxy) is 1. The predicted molar refractivity (Wildman–Crippen MR) is 119 cm³/mol. The van der Waals surface area contributed by atoms with E-state index < -0.39 is 6.04 Å². The average molecular weight is 399 g/mol. The van der Waals surface area contributed by atoms with Crippen molar-refractivity contribution in [2.75, 3.05) is 6.61 Å². The highest BCUT2D eigenvalue weighted by molar-refractivity contribution is 5.94. The van der Waals surface area contributed by atoms with Crippen molar-refractivity contribution in [3.8, 4) is 17.0 Å². The molecule has 3 aromatic carbocycles. The van der Waals surface area contributed by atoms with Crippen molar-refractivity contribution in [1.29, 1.82) is 0 Å². The van der Waals surface area contributed by atoms with Crippen molar-refractivity contribution < 1.29 is 9.53 Å². The molecule has 0 bridgehead atoms. The topological polar surface area (TPSA) is 56.1 Å². The monoisotopic (exact) mass is 399 g/mol. The highest BCUT2D eigenvalue weighted by Gasteiger charge is 2.21. The van der Waals surface area contributed by atoms with Crippen LogP contribution < -0.4 is 10.1 Å². The summed E-state index contributed by atoms with van der Waals surface area (Å²) in [5.74, 6) is 0.707. The molecule has 1 amide bonds. The van der Waals surface area contributed by atoms with E-state index in [4.69, 9.17) is 9.84 Å². The largest absolute Gasteiger partial charge is 0.494 e. The lowest BCUT2D eigenvalue weighted by molar-refractivity contribution is -0.124. The average Bonchev–Trinajstić information content (AvgIpc) is 3.18. The zero-order valence-electron chi connectivity index (χ0n) is 17.2. The van der Waals surface area contributed by atoms with E-state index in [0.717, 1.165) is 33.5 Å². The summed E-state index contributed by atoms with van der Waals surface area (Å²) < 4.78 is 7.46. The first-order chi connectivity index (χ1) is 14.7. The molecule has 152 valence electrons. The van der Waals surface area contributed by atoms with Gasteiger partial charge in [-0.2, -0.15) is 5.10 Å². The lowest BCUT2D eigenvalue weighted by atomic mass is 10.1. The van der Waals surface area contributed by atoms with Crippen LogP contribution in [0.5, 0.6) is 5.75 Å². The van der Waals surface area contributed by atoms with Crippen LogP contribution >= 0.6 is 0 Å². The van der Waals surface area contributed by atoms with Crippen molar-refractivity contribution in [1.82, 2.24) is 15.1 Å². The minimum atomic E-state index is -0.452. The second-order valence-electron chi connectivity index (χ2n) is 7.11. The van der Waals surface area contributed by atoms with Gasteiger partial charge >= 0.3 is 0 Å². The fourth-order valence-corrected chi connectivity index (χ4v) is 3.58. The Bertz CT molecular complexity index is 1150. The molecule has 0 saturated carbocycles. The maximum atomic E-state index is 13.0. The van der Waals surface area contributed by atoms with Gasteiger partial charge in [-0.25, -0.2) is 0 Å². The molecule has 0 radical (unpaired) electrons. The number of aromatic nitrogens is 2. The molecule has 0 fully saturated rings. The highest BCUT2D eigenvalue weighted by Crippen LogP contribution is 2.29. The normalized spacial score (nSPS) is 11.9. The Labute approximate surface area is 176 Å². The quantitative estimate of drug-likeness (QED) is 0.477.